The summed E-state index contributed by atoms with van der Waals surface area (Å²) >= 11 is 1.21. The number of nitrogens with one attached hydrogen (secondary N) is 2. The first-order chi connectivity index (χ1) is 17.6. The standard InChI is InChI=1S/C28H21N5O2S/c29-16-19-11-13-22(14-12-19)30-25(34)18-36-28-32-24-15-23(21-9-5-2-6-10-21)31-26(24)27(35)33(28)17-20-7-3-1-4-8-20/h1-15,31H,17-18H2,(H,30,34). The smallest absolute Gasteiger partial charge is 0.278 e. The monoisotopic (exact) mass is 491 g/mol. The van der Waals surface area contributed by atoms with E-state index in [1.165, 1.54) is 11.8 Å². The summed E-state index contributed by atoms with van der Waals surface area (Å²) in [5.41, 5.74) is 4.63. The number of hydrogen-bond acceptors (Lipinski definition) is 5. The van der Waals surface area contributed by atoms with E-state index in [4.69, 9.17) is 10.2 Å². The second kappa shape index (κ2) is 10.3. The quantitative estimate of drug-likeness (QED) is 0.245. The highest BCUT2D eigenvalue weighted by molar-refractivity contribution is 7.99. The Bertz CT molecular complexity index is 1620. The van der Waals surface area contributed by atoms with Crippen molar-refractivity contribution in [1.82, 2.24) is 14.5 Å². The predicted molar refractivity (Wildman–Crippen MR) is 142 cm³/mol. The average Bonchev–Trinajstić information content (AvgIpc) is 3.35. The first-order valence-corrected chi connectivity index (χ1v) is 12.2. The fraction of sp³-hybridized carbons (Fsp3) is 0.0714. The Morgan fingerprint density at radius 2 is 1.69 bits per heavy atom. The van der Waals surface area contributed by atoms with Gasteiger partial charge in [0.05, 0.1) is 29.4 Å². The molecule has 36 heavy (non-hydrogen) atoms. The van der Waals surface area contributed by atoms with Gasteiger partial charge in [-0.1, -0.05) is 72.4 Å². The van der Waals surface area contributed by atoms with Gasteiger partial charge in [0, 0.05) is 11.4 Å². The maximum Gasteiger partial charge on any atom is 0.278 e. The zero-order chi connectivity index (χ0) is 24.9. The summed E-state index contributed by atoms with van der Waals surface area (Å²) in [6.45, 7) is 0.335. The second-order valence-corrected chi connectivity index (χ2v) is 9.05. The maximum absolute atomic E-state index is 13.5. The molecule has 0 saturated carbocycles. The molecule has 5 aromatic rings. The number of amides is 1. The number of hydrogen-bond donors (Lipinski definition) is 2. The highest BCUT2D eigenvalue weighted by Gasteiger charge is 2.16. The highest BCUT2D eigenvalue weighted by Crippen LogP contribution is 2.24. The summed E-state index contributed by atoms with van der Waals surface area (Å²) in [5, 5.41) is 12.2. The van der Waals surface area contributed by atoms with Crippen molar-refractivity contribution in [3.63, 3.8) is 0 Å². The van der Waals surface area contributed by atoms with Crippen molar-refractivity contribution in [2.24, 2.45) is 0 Å². The Morgan fingerprint density at radius 3 is 2.39 bits per heavy atom. The molecule has 0 atom stereocenters. The van der Waals surface area contributed by atoms with E-state index < -0.39 is 0 Å². The van der Waals surface area contributed by atoms with E-state index in [0.29, 0.717) is 34.0 Å². The van der Waals surface area contributed by atoms with Crippen LogP contribution in [0.4, 0.5) is 5.69 Å². The molecule has 0 saturated heterocycles. The summed E-state index contributed by atoms with van der Waals surface area (Å²) in [6, 6.07) is 30.0. The minimum atomic E-state index is -0.232. The number of nitrogens with zero attached hydrogens (tertiary/aromatic N) is 3. The average molecular weight is 492 g/mol. The number of thioether (sulfide) groups is 1. The fourth-order valence-electron chi connectivity index (χ4n) is 3.82. The molecule has 0 fully saturated rings. The first kappa shape index (κ1) is 23.1. The van der Waals surface area contributed by atoms with Gasteiger partial charge in [0.2, 0.25) is 5.91 Å². The molecular weight excluding hydrogens is 470 g/mol. The van der Waals surface area contributed by atoms with Crippen molar-refractivity contribution in [3.05, 3.63) is 112 Å². The number of anilines is 1. The molecule has 3 aromatic carbocycles. The molecule has 7 nitrogen and oxygen atoms in total. The van der Waals surface area contributed by atoms with Crippen LogP contribution in [0, 0.1) is 11.3 Å². The van der Waals surface area contributed by atoms with Crippen molar-refractivity contribution in [2.75, 3.05) is 11.1 Å². The van der Waals surface area contributed by atoms with E-state index >= 15 is 0 Å². The van der Waals surface area contributed by atoms with Gasteiger partial charge in [-0.05, 0) is 41.5 Å². The van der Waals surface area contributed by atoms with Crippen LogP contribution in [-0.4, -0.2) is 26.2 Å². The molecular formula is C28H21N5O2S. The fourth-order valence-corrected chi connectivity index (χ4v) is 4.62. The third-order valence-corrected chi connectivity index (χ3v) is 6.58. The number of benzene rings is 3. The van der Waals surface area contributed by atoms with Gasteiger partial charge in [-0.25, -0.2) is 4.98 Å². The maximum atomic E-state index is 13.5. The number of rotatable bonds is 7. The van der Waals surface area contributed by atoms with Crippen molar-refractivity contribution in [3.8, 4) is 17.3 Å². The van der Waals surface area contributed by atoms with Crippen LogP contribution in [0.2, 0.25) is 0 Å². The zero-order valence-electron chi connectivity index (χ0n) is 19.1. The van der Waals surface area contributed by atoms with Gasteiger partial charge in [0.25, 0.3) is 5.56 Å². The Hall–Kier alpha value is -4.61. The van der Waals surface area contributed by atoms with Gasteiger partial charge in [-0.2, -0.15) is 5.26 Å². The van der Waals surface area contributed by atoms with E-state index in [1.54, 1.807) is 28.8 Å². The van der Waals surface area contributed by atoms with Gasteiger partial charge in [0.15, 0.2) is 5.16 Å². The molecule has 176 valence electrons. The first-order valence-electron chi connectivity index (χ1n) is 11.3. The molecule has 0 aliphatic heterocycles. The van der Waals surface area contributed by atoms with Crippen molar-refractivity contribution in [1.29, 1.82) is 5.26 Å². The van der Waals surface area contributed by atoms with Crippen LogP contribution in [-0.2, 0) is 11.3 Å². The molecule has 8 heteroatoms. The molecule has 1 amide bonds. The summed E-state index contributed by atoms with van der Waals surface area (Å²) < 4.78 is 1.60. The van der Waals surface area contributed by atoms with Gasteiger partial charge < -0.3 is 10.3 Å². The van der Waals surface area contributed by atoms with Crippen LogP contribution in [0.1, 0.15) is 11.1 Å². The predicted octanol–water partition coefficient (Wildman–Crippen LogP) is 5.04. The van der Waals surface area contributed by atoms with Crippen LogP contribution in [0.15, 0.2) is 101 Å². The van der Waals surface area contributed by atoms with Crippen LogP contribution < -0.4 is 10.9 Å². The van der Waals surface area contributed by atoms with E-state index in [-0.39, 0.29) is 17.2 Å². The van der Waals surface area contributed by atoms with Crippen LogP contribution in [0.3, 0.4) is 0 Å². The number of aromatic nitrogens is 3. The van der Waals surface area contributed by atoms with Crippen molar-refractivity contribution in [2.45, 2.75) is 11.7 Å². The number of aromatic amines is 1. The number of fused-ring (bicyclic) bond motifs is 1. The SMILES string of the molecule is N#Cc1ccc(NC(=O)CSc2nc3cc(-c4ccccc4)[nH]c3c(=O)n2Cc2ccccc2)cc1. The molecule has 2 N–H and O–H groups in total. The topological polar surface area (TPSA) is 104 Å². The van der Waals surface area contributed by atoms with E-state index in [9.17, 15) is 9.59 Å². The number of carbonyl (C=O) groups is 1. The van der Waals surface area contributed by atoms with Gasteiger partial charge in [-0.15, -0.1) is 0 Å². The van der Waals surface area contributed by atoms with Gasteiger partial charge in [0.1, 0.15) is 5.52 Å². The summed E-state index contributed by atoms with van der Waals surface area (Å²) in [4.78, 5) is 34.2. The molecule has 5 rings (SSSR count). The molecule has 0 aliphatic carbocycles. The van der Waals surface area contributed by atoms with Crippen molar-refractivity contribution >= 4 is 34.4 Å². The molecule has 0 radical (unpaired) electrons. The van der Waals surface area contributed by atoms with Crippen LogP contribution >= 0.6 is 11.8 Å². The Kier molecular flexibility index (Phi) is 6.65. The third kappa shape index (κ3) is 5.06. The lowest BCUT2D eigenvalue weighted by Gasteiger charge is -2.12. The number of H-pyrrole nitrogens is 1. The largest absolute Gasteiger partial charge is 0.349 e. The molecule has 0 spiro atoms. The van der Waals surface area contributed by atoms with Crippen LogP contribution in [0.25, 0.3) is 22.3 Å². The van der Waals surface area contributed by atoms with Crippen LogP contribution in [0.5, 0.6) is 0 Å². The summed E-state index contributed by atoms with van der Waals surface area (Å²) in [6.07, 6.45) is 0. The molecule has 2 heterocycles. The highest BCUT2D eigenvalue weighted by atomic mass is 32.2. The Balaban J connectivity index is 1.45. The molecule has 2 aromatic heterocycles. The lowest BCUT2D eigenvalue weighted by atomic mass is 10.2. The second-order valence-electron chi connectivity index (χ2n) is 8.11. The van der Waals surface area contributed by atoms with E-state index in [2.05, 4.69) is 16.4 Å². The van der Waals surface area contributed by atoms with Gasteiger partial charge in [-0.3, -0.25) is 14.2 Å². The Labute approximate surface area is 211 Å². The van der Waals surface area contributed by atoms with E-state index in [1.807, 2.05) is 66.7 Å². The van der Waals surface area contributed by atoms with Crippen molar-refractivity contribution < 1.29 is 4.79 Å². The Morgan fingerprint density at radius 1 is 1.00 bits per heavy atom. The van der Waals surface area contributed by atoms with Gasteiger partial charge >= 0.3 is 0 Å². The lowest BCUT2D eigenvalue weighted by Crippen LogP contribution is -2.25. The summed E-state index contributed by atoms with van der Waals surface area (Å²) in [5.74, 6) is -0.160. The van der Waals surface area contributed by atoms with E-state index in [0.717, 1.165) is 16.8 Å². The molecule has 0 aliphatic rings. The molecule has 0 bridgehead atoms. The minimum absolute atomic E-state index is 0.0721. The summed E-state index contributed by atoms with van der Waals surface area (Å²) in [7, 11) is 0. The number of carbonyl (C=O) groups excluding carboxylic acids is 1. The minimum Gasteiger partial charge on any atom is -0.349 e. The lowest BCUT2D eigenvalue weighted by molar-refractivity contribution is -0.113. The zero-order valence-corrected chi connectivity index (χ0v) is 20.0. The molecule has 0 unspecified atom stereocenters. The third-order valence-electron chi connectivity index (χ3n) is 5.60. The number of nitriles is 1. The normalized spacial score (nSPS) is 10.8.